The molecule has 114 valence electrons. The van der Waals surface area contributed by atoms with Gasteiger partial charge in [0, 0.05) is 17.0 Å². The normalized spacial score (nSPS) is 10.8. The van der Waals surface area contributed by atoms with Gasteiger partial charge in [-0.2, -0.15) is 0 Å². The molecular formula is C17H16F2N2O. The van der Waals surface area contributed by atoms with Crippen LogP contribution in [-0.2, 0) is 0 Å². The average molecular weight is 302 g/mol. The molecule has 0 spiro atoms. The molecule has 0 aliphatic carbocycles. The van der Waals surface area contributed by atoms with Crippen LogP contribution in [0, 0.1) is 28.9 Å². The van der Waals surface area contributed by atoms with Crippen LogP contribution in [-0.4, -0.2) is 16.6 Å². The van der Waals surface area contributed by atoms with Gasteiger partial charge < -0.3 is 4.74 Å². The molecule has 1 heterocycles. The van der Waals surface area contributed by atoms with Crippen molar-refractivity contribution < 1.29 is 13.5 Å². The highest BCUT2D eigenvalue weighted by Crippen LogP contribution is 2.24. The van der Waals surface area contributed by atoms with Crippen LogP contribution < -0.4 is 4.74 Å². The highest BCUT2D eigenvalue weighted by Gasteiger charge is 2.11. The molecular weight excluding hydrogens is 286 g/mol. The fourth-order valence-electron chi connectivity index (χ4n) is 1.68. The summed E-state index contributed by atoms with van der Waals surface area (Å²) in [5, 5.41) is 0. The summed E-state index contributed by atoms with van der Waals surface area (Å²) in [7, 11) is 0. The van der Waals surface area contributed by atoms with Gasteiger partial charge in [-0.1, -0.05) is 17.9 Å². The number of aromatic nitrogens is 2. The van der Waals surface area contributed by atoms with E-state index in [1.54, 1.807) is 0 Å². The number of rotatable bonds is 3. The van der Waals surface area contributed by atoms with Crippen molar-refractivity contribution in [2.75, 3.05) is 6.61 Å². The number of ether oxygens (including phenoxy) is 1. The molecule has 0 bridgehead atoms. The van der Waals surface area contributed by atoms with Crippen LogP contribution in [0.15, 0.2) is 30.6 Å². The van der Waals surface area contributed by atoms with Crippen LogP contribution in [0.1, 0.15) is 20.8 Å². The summed E-state index contributed by atoms with van der Waals surface area (Å²) in [6.45, 7) is 6.15. The average Bonchev–Trinajstić information content (AvgIpc) is 2.46. The van der Waals surface area contributed by atoms with Gasteiger partial charge in [0.05, 0.1) is 5.69 Å². The molecule has 1 aromatic heterocycles. The molecule has 0 unspecified atom stereocenters. The first-order chi connectivity index (χ1) is 10.4. The lowest BCUT2D eigenvalue weighted by Gasteiger charge is -2.07. The molecule has 0 saturated heterocycles. The first-order valence-corrected chi connectivity index (χ1v) is 6.76. The van der Waals surface area contributed by atoms with Gasteiger partial charge in [0.2, 0.25) is 5.88 Å². The number of hydrogen-bond acceptors (Lipinski definition) is 3. The standard InChI is InChI=1S/C17H16F2N2O/c1-17(2,3)8-5-9-22-15-10-14(20-11-21-15)12-6-4-7-13(18)16(12)19/h4,6-7,10-11H,9H2,1-3H3. The van der Waals surface area contributed by atoms with Gasteiger partial charge in [0.15, 0.2) is 18.2 Å². The van der Waals surface area contributed by atoms with Gasteiger partial charge in [-0.05, 0) is 32.9 Å². The molecule has 0 N–H and O–H groups in total. The molecule has 22 heavy (non-hydrogen) atoms. The number of hydrogen-bond donors (Lipinski definition) is 0. The summed E-state index contributed by atoms with van der Waals surface area (Å²) in [6.07, 6.45) is 1.24. The fourth-order valence-corrected chi connectivity index (χ4v) is 1.68. The van der Waals surface area contributed by atoms with Crippen molar-refractivity contribution in [3.63, 3.8) is 0 Å². The molecule has 0 radical (unpaired) electrons. The second-order valence-corrected chi connectivity index (χ2v) is 5.68. The molecule has 0 aliphatic heterocycles. The molecule has 2 rings (SSSR count). The Labute approximate surface area is 128 Å². The first kappa shape index (κ1) is 15.9. The van der Waals surface area contributed by atoms with E-state index in [0.717, 1.165) is 6.07 Å². The first-order valence-electron chi connectivity index (χ1n) is 6.76. The van der Waals surface area contributed by atoms with Crippen LogP contribution in [0.2, 0.25) is 0 Å². The van der Waals surface area contributed by atoms with E-state index < -0.39 is 11.6 Å². The zero-order valence-electron chi connectivity index (χ0n) is 12.7. The smallest absolute Gasteiger partial charge is 0.217 e. The lowest BCUT2D eigenvalue weighted by molar-refractivity contribution is 0.354. The van der Waals surface area contributed by atoms with Gasteiger partial charge in [-0.3, -0.25) is 0 Å². The van der Waals surface area contributed by atoms with Crippen molar-refractivity contribution in [2.24, 2.45) is 5.41 Å². The van der Waals surface area contributed by atoms with Crippen LogP contribution in [0.3, 0.4) is 0 Å². The zero-order valence-corrected chi connectivity index (χ0v) is 12.7. The molecule has 0 fully saturated rings. The van der Waals surface area contributed by atoms with E-state index in [-0.39, 0.29) is 29.2 Å². The topological polar surface area (TPSA) is 35.0 Å². The van der Waals surface area contributed by atoms with Gasteiger partial charge in [0.25, 0.3) is 0 Å². The van der Waals surface area contributed by atoms with E-state index in [1.807, 2.05) is 20.8 Å². The van der Waals surface area contributed by atoms with E-state index in [4.69, 9.17) is 4.74 Å². The molecule has 2 aromatic rings. The maximum Gasteiger partial charge on any atom is 0.217 e. The van der Waals surface area contributed by atoms with Crippen LogP contribution in [0.4, 0.5) is 8.78 Å². The van der Waals surface area contributed by atoms with Crippen molar-refractivity contribution in [3.05, 3.63) is 42.2 Å². The Kier molecular flexibility index (Phi) is 4.71. The quantitative estimate of drug-likeness (QED) is 0.808. The third-order valence-corrected chi connectivity index (χ3v) is 2.63. The molecule has 0 aliphatic rings. The largest absolute Gasteiger partial charge is 0.464 e. The van der Waals surface area contributed by atoms with E-state index in [2.05, 4.69) is 21.8 Å². The second-order valence-electron chi connectivity index (χ2n) is 5.68. The molecule has 0 amide bonds. The lowest BCUT2D eigenvalue weighted by Crippen LogP contribution is -2.02. The van der Waals surface area contributed by atoms with Crippen LogP contribution in [0.5, 0.6) is 5.88 Å². The van der Waals surface area contributed by atoms with Crippen LogP contribution >= 0.6 is 0 Å². The van der Waals surface area contributed by atoms with Gasteiger partial charge >= 0.3 is 0 Å². The maximum absolute atomic E-state index is 13.8. The Hall–Kier alpha value is -2.48. The molecule has 0 atom stereocenters. The second kappa shape index (κ2) is 6.52. The lowest BCUT2D eigenvalue weighted by atomic mass is 9.98. The van der Waals surface area contributed by atoms with Crippen LogP contribution in [0.25, 0.3) is 11.3 Å². The fraction of sp³-hybridized carbons (Fsp3) is 0.294. The van der Waals surface area contributed by atoms with E-state index >= 15 is 0 Å². The van der Waals surface area contributed by atoms with E-state index in [0.29, 0.717) is 0 Å². The Morgan fingerprint density at radius 2 is 1.95 bits per heavy atom. The predicted octanol–water partition coefficient (Wildman–Crippen LogP) is 3.85. The van der Waals surface area contributed by atoms with Crippen molar-refractivity contribution in [1.82, 2.24) is 9.97 Å². The van der Waals surface area contributed by atoms with E-state index in [9.17, 15) is 8.78 Å². The highest BCUT2D eigenvalue weighted by atomic mass is 19.2. The SMILES string of the molecule is CC(C)(C)C#CCOc1cc(-c2cccc(F)c2F)ncn1. The van der Waals surface area contributed by atoms with Crippen molar-refractivity contribution in [3.8, 4) is 29.0 Å². The highest BCUT2D eigenvalue weighted by molar-refractivity contribution is 5.60. The summed E-state index contributed by atoms with van der Waals surface area (Å²) >= 11 is 0. The predicted molar refractivity (Wildman–Crippen MR) is 80.1 cm³/mol. The summed E-state index contributed by atoms with van der Waals surface area (Å²) in [5.41, 5.74) is 0.212. The third-order valence-electron chi connectivity index (χ3n) is 2.63. The third kappa shape index (κ3) is 4.26. The minimum Gasteiger partial charge on any atom is -0.464 e. The Morgan fingerprint density at radius 1 is 1.18 bits per heavy atom. The molecule has 1 aromatic carbocycles. The van der Waals surface area contributed by atoms with Gasteiger partial charge in [-0.15, -0.1) is 0 Å². The molecule has 5 heteroatoms. The number of halogens is 2. The maximum atomic E-state index is 13.8. The monoisotopic (exact) mass is 302 g/mol. The van der Waals surface area contributed by atoms with E-state index in [1.165, 1.54) is 24.5 Å². The Balaban J connectivity index is 2.16. The Morgan fingerprint density at radius 3 is 2.68 bits per heavy atom. The zero-order chi connectivity index (χ0) is 16.2. The Bertz CT molecular complexity index is 727. The molecule has 3 nitrogen and oxygen atoms in total. The summed E-state index contributed by atoms with van der Waals surface area (Å²) in [6, 6.07) is 5.38. The number of benzene rings is 1. The minimum absolute atomic E-state index is 0.0630. The van der Waals surface area contributed by atoms with Crippen molar-refractivity contribution in [2.45, 2.75) is 20.8 Å². The van der Waals surface area contributed by atoms with Crippen molar-refractivity contribution >= 4 is 0 Å². The van der Waals surface area contributed by atoms with Crippen molar-refractivity contribution in [1.29, 1.82) is 0 Å². The summed E-state index contributed by atoms with van der Waals surface area (Å²) < 4.78 is 32.4. The minimum atomic E-state index is -0.945. The number of nitrogens with zero attached hydrogens (tertiary/aromatic N) is 2. The van der Waals surface area contributed by atoms with Gasteiger partial charge in [-0.25, -0.2) is 18.7 Å². The summed E-state index contributed by atoms with van der Waals surface area (Å²) in [5.74, 6) is 4.31. The van der Waals surface area contributed by atoms with Gasteiger partial charge in [0.1, 0.15) is 6.33 Å². The summed E-state index contributed by atoms with van der Waals surface area (Å²) in [4.78, 5) is 7.88. The molecule has 0 saturated carbocycles.